The Bertz CT molecular complexity index is 916. The van der Waals surface area contributed by atoms with Crippen LogP contribution in [-0.2, 0) is 14.8 Å². The number of carbonyl (C=O) groups excluding carboxylic acids is 1. The molecule has 2 aromatic carbocycles. The largest absolute Gasteiger partial charge is 0.354 e. The fraction of sp³-hybridized carbons (Fsp3) is 0.350. The van der Waals surface area contributed by atoms with Crippen molar-refractivity contribution in [1.82, 2.24) is 5.32 Å². The van der Waals surface area contributed by atoms with Crippen LogP contribution in [0.2, 0.25) is 5.02 Å². The molecule has 2 rings (SSSR count). The topological polar surface area (TPSA) is 66.5 Å². The van der Waals surface area contributed by atoms with E-state index >= 15 is 0 Å². The number of amides is 1. The second-order valence-electron chi connectivity index (χ2n) is 6.54. The molecule has 8 heteroatoms. The van der Waals surface area contributed by atoms with Crippen LogP contribution in [0.25, 0.3) is 0 Å². The molecule has 0 aliphatic heterocycles. The average Bonchev–Trinajstić information content (AvgIpc) is 2.62. The Kier molecular flexibility index (Phi) is 8.22. The lowest BCUT2D eigenvalue weighted by atomic mass is 10.1. The number of hydrogen-bond donors (Lipinski definition) is 1. The van der Waals surface area contributed by atoms with E-state index in [1.165, 1.54) is 0 Å². The molecule has 5 nitrogen and oxygen atoms in total. The van der Waals surface area contributed by atoms with Gasteiger partial charge in [0.15, 0.2) is 0 Å². The van der Waals surface area contributed by atoms with E-state index in [0.29, 0.717) is 17.3 Å². The Labute approximate surface area is 176 Å². The lowest BCUT2D eigenvalue weighted by molar-refractivity contribution is -0.119. The molecule has 0 unspecified atom stereocenters. The summed E-state index contributed by atoms with van der Waals surface area (Å²) in [4.78, 5) is 13.4. The standard InChI is InChI=1S/C20H25ClN2O3S2/c1-15-5-8-18(13-16(15)2)23(28(3,25)26)14-20(24)22-11-4-12-27-19-9-6-17(21)7-10-19/h5-10,13H,4,11-12,14H2,1-3H3,(H,22,24). The van der Waals surface area contributed by atoms with Crippen molar-refractivity contribution in [2.45, 2.75) is 25.2 Å². The Morgan fingerprint density at radius 1 is 1.11 bits per heavy atom. The molecule has 0 aliphatic carbocycles. The molecule has 0 fully saturated rings. The van der Waals surface area contributed by atoms with Crippen molar-refractivity contribution in [3.8, 4) is 0 Å². The first-order valence-corrected chi connectivity index (χ1v) is 12.1. The van der Waals surface area contributed by atoms with Crippen molar-refractivity contribution in [3.63, 3.8) is 0 Å². The maximum atomic E-state index is 12.3. The number of carbonyl (C=O) groups is 1. The minimum absolute atomic E-state index is 0.230. The molecule has 0 spiro atoms. The van der Waals surface area contributed by atoms with Crippen LogP contribution < -0.4 is 9.62 Å². The third-order valence-corrected chi connectivity index (χ3v) is 6.68. The van der Waals surface area contributed by atoms with E-state index in [-0.39, 0.29) is 12.5 Å². The first-order chi connectivity index (χ1) is 13.2. The van der Waals surface area contributed by atoms with Gasteiger partial charge in [-0.25, -0.2) is 8.42 Å². The summed E-state index contributed by atoms with van der Waals surface area (Å²) in [7, 11) is -3.56. The number of nitrogens with zero attached hydrogens (tertiary/aromatic N) is 1. The number of benzene rings is 2. The van der Waals surface area contributed by atoms with Gasteiger partial charge in [-0.3, -0.25) is 9.10 Å². The third kappa shape index (κ3) is 7.04. The third-order valence-electron chi connectivity index (χ3n) is 4.19. The SMILES string of the molecule is Cc1ccc(N(CC(=O)NCCCSc2ccc(Cl)cc2)S(C)(=O)=O)cc1C. The lowest BCUT2D eigenvalue weighted by Gasteiger charge is -2.22. The number of rotatable bonds is 9. The van der Waals surface area contributed by atoms with Crippen LogP contribution in [0, 0.1) is 13.8 Å². The maximum absolute atomic E-state index is 12.3. The van der Waals surface area contributed by atoms with E-state index < -0.39 is 10.0 Å². The number of hydrogen-bond acceptors (Lipinski definition) is 4. The number of anilines is 1. The van der Waals surface area contributed by atoms with Crippen molar-refractivity contribution in [1.29, 1.82) is 0 Å². The molecule has 0 atom stereocenters. The van der Waals surface area contributed by atoms with E-state index in [9.17, 15) is 13.2 Å². The van der Waals surface area contributed by atoms with Gasteiger partial charge in [-0.15, -0.1) is 11.8 Å². The zero-order valence-electron chi connectivity index (χ0n) is 16.2. The number of sulfonamides is 1. The Morgan fingerprint density at radius 2 is 1.79 bits per heavy atom. The maximum Gasteiger partial charge on any atom is 0.240 e. The molecule has 0 bridgehead atoms. The summed E-state index contributed by atoms with van der Waals surface area (Å²) < 4.78 is 25.4. The summed E-state index contributed by atoms with van der Waals surface area (Å²) in [6.07, 6.45) is 1.89. The van der Waals surface area contributed by atoms with Crippen LogP contribution in [0.4, 0.5) is 5.69 Å². The van der Waals surface area contributed by atoms with Crippen LogP contribution in [0.5, 0.6) is 0 Å². The number of nitrogens with one attached hydrogen (secondary N) is 1. The number of aryl methyl sites for hydroxylation is 2. The molecular formula is C20H25ClN2O3S2. The van der Waals surface area contributed by atoms with Gasteiger partial charge in [0.25, 0.3) is 0 Å². The van der Waals surface area contributed by atoms with Gasteiger partial charge >= 0.3 is 0 Å². The Morgan fingerprint density at radius 3 is 2.39 bits per heavy atom. The van der Waals surface area contributed by atoms with Gasteiger partial charge in [-0.1, -0.05) is 17.7 Å². The highest BCUT2D eigenvalue weighted by atomic mass is 35.5. The van der Waals surface area contributed by atoms with Crippen molar-refractivity contribution in [2.75, 3.05) is 29.4 Å². The van der Waals surface area contributed by atoms with Crippen molar-refractivity contribution in [2.24, 2.45) is 0 Å². The molecule has 0 heterocycles. The van der Waals surface area contributed by atoms with Crippen LogP contribution in [-0.4, -0.2) is 39.4 Å². The predicted molar refractivity (Wildman–Crippen MR) is 118 cm³/mol. The minimum Gasteiger partial charge on any atom is -0.354 e. The van der Waals surface area contributed by atoms with Crippen molar-refractivity contribution < 1.29 is 13.2 Å². The van der Waals surface area contributed by atoms with E-state index in [2.05, 4.69) is 5.32 Å². The highest BCUT2D eigenvalue weighted by Gasteiger charge is 2.21. The molecule has 152 valence electrons. The lowest BCUT2D eigenvalue weighted by Crippen LogP contribution is -2.40. The van der Waals surface area contributed by atoms with E-state index in [1.807, 2.05) is 44.2 Å². The van der Waals surface area contributed by atoms with Crippen molar-refractivity contribution in [3.05, 3.63) is 58.6 Å². The summed E-state index contributed by atoms with van der Waals surface area (Å²) in [5.41, 5.74) is 2.55. The molecule has 0 saturated heterocycles. The summed E-state index contributed by atoms with van der Waals surface area (Å²) in [5.74, 6) is 0.523. The summed E-state index contributed by atoms with van der Waals surface area (Å²) >= 11 is 7.54. The summed E-state index contributed by atoms with van der Waals surface area (Å²) in [6, 6.07) is 13.0. The molecule has 0 aromatic heterocycles. The van der Waals surface area contributed by atoms with Crippen LogP contribution >= 0.6 is 23.4 Å². The Hall–Kier alpha value is -1.70. The monoisotopic (exact) mass is 440 g/mol. The van der Waals surface area contributed by atoms with Crippen LogP contribution in [0.15, 0.2) is 47.4 Å². The Balaban J connectivity index is 1.84. The van der Waals surface area contributed by atoms with Crippen LogP contribution in [0.3, 0.4) is 0 Å². The van der Waals surface area contributed by atoms with Gasteiger partial charge in [0.1, 0.15) is 6.54 Å². The molecule has 2 aromatic rings. The highest BCUT2D eigenvalue weighted by Crippen LogP contribution is 2.22. The van der Waals surface area contributed by atoms with Gasteiger partial charge in [0.05, 0.1) is 11.9 Å². The van der Waals surface area contributed by atoms with Gasteiger partial charge in [-0.2, -0.15) is 0 Å². The smallest absolute Gasteiger partial charge is 0.240 e. The number of halogens is 1. The fourth-order valence-corrected chi connectivity index (χ4v) is 4.32. The van der Waals surface area contributed by atoms with Crippen LogP contribution in [0.1, 0.15) is 17.5 Å². The second-order valence-corrected chi connectivity index (χ2v) is 10.1. The fourth-order valence-electron chi connectivity index (χ4n) is 2.49. The zero-order valence-corrected chi connectivity index (χ0v) is 18.6. The average molecular weight is 441 g/mol. The zero-order chi connectivity index (χ0) is 20.7. The molecule has 0 aliphatic rings. The van der Waals surface area contributed by atoms with E-state index in [1.54, 1.807) is 23.9 Å². The van der Waals surface area contributed by atoms with E-state index in [0.717, 1.165) is 38.8 Å². The molecule has 0 radical (unpaired) electrons. The summed E-state index contributed by atoms with van der Waals surface area (Å²) in [6.45, 7) is 4.13. The number of thioether (sulfide) groups is 1. The second kappa shape index (κ2) is 10.2. The van der Waals surface area contributed by atoms with Gasteiger partial charge in [0.2, 0.25) is 15.9 Å². The predicted octanol–water partition coefficient (Wildman–Crippen LogP) is 4.02. The highest BCUT2D eigenvalue weighted by molar-refractivity contribution is 7.99. The van der Waals surface area contributed by atoms with Gasteiger partial charge in [0, 0.05) is 16.5 Å². The van der Waals surface area contributed by atoms with Gasteiger partial charge < -0.3 is 5.32 Å². The first-order valence-electron chi connectivity index (χ1n) is 8.87. The molecule has 1 N–H and O–H groups in total. The normalized spacial score (nSPS) is 11.3. The molecule has 0 saturated carbocycles. The molecule has 28 heavy (non-hydrogen) atoms. The first kappa shape index (κ1) is 22.6. The quantitative estimate of drug-likeness (QED) is 0.472. The van der Waals surface area contributed by atoms with Gasteiger partial charge in [-0.05, 0) is 73.5 Å². The molecule has 1 amide bonds. The molecular weight excluding hydrogens is 416 g/mol. The summed E-state index contributed by atoms with van der Waals surface area (Å²) in [5, 5.41) is 3.50. The van der Waals surface area contributed by atoms with E-state index in [4.69, 9.17) is 11.6 Å². The van der Waals surface area contributed by atoms with Crippen molar-refractivity contribution >= 4 is 45.0 Å². The minimum atomic E-state index is -3.56.